The number of carbonyl (C=O) groups excluding carboxylic acids is 1. The largest absolute Gasteiger partial charge is 0.394 e. The lowest BCUT2D eigenvalue weighted by Crippen LogP contribution is -2.60. The Hall–Kier alpha value is -2.63. The first-order chi connectivity index (χ1) is 36.3. The molecular weight excluding hydrogens is 923 g/mol. The fraction of sp³-hybridized carbons (Fsp3) is 0.769. The monoisotopic (exact) mass is 1040 g/mol. The third kappa shape index (κ3) is 42.5. The normalized spacial score (nSPS) is 19.6. The van der Waals surface area contributed by atoms with Crippen LogP contribution in [0.1, 0.15) is 264 Å². The Morgan fingerprint density at radius 3 is 1.24 bits per heavy atom. The van der Waals surface area contributed by atoms with Gasteiger partial charge >= 0.3 is 0 Å². The van der Waals surface area contributed by atoms with E-state index in [1.54, 1.807) is 0 Å². The number of hydrogen-bond acceptors (Lipinski definition) is 8. The molecule has 0 radical (unpaired) electrons. The molecule has 1 amide bonds. The highest BCUT2D eigenvalue weighted by Gasteiger charge is 2.44. The number of nitrogens with one attached hydrogen (secondary N) is 1. The minimum Gasteiger partial charge on any atom is -0.394 e. The topological polar surface area (TPSA) is 149 Å². The summed E-state index contributed by atoms with van der Waals surface area (Å²) in [6.45, 7) is 3.73. The van der Waals surface area contributed by atoms with Crippen LogP contribution < -0.4 is 5.32 Å². The first-order valence-electron chi connectivity index (χ1n) is 30.8. The molecule has 7 atom stereocenters. The van der Waals surface area contributed by atoms with Crippen LogP contribution in [-0.2, 0) is 14.3 Å². The van der Waals surface area contributed by atoms with Gasteiger partial charge in [-0.25, -0.2) is 0 Å². The SMILES string of the molecule is CC/C=C\C/C=C\C/C=C\C/C=C\C/C=C\C/C=C\C/C=C\CCCCCCCC(=O)NC(COC1OC(CO)C(O)C(O)C1O)C(O)CCCCCCCCCCCCCCCCCCCCCCCCCC. The molecule has 0 spiro atoms. The van der Waals surface area contributed by atoms with Crippen molar-refractivity contribution in [1.82, 2.24) is 5.32 Å². The first-order valence-corrected chi connectivity index (χ1v) is 30.8. The summed E-state index contributed by atoms with van der Waals surface area (Å²) in [5.41, 5.74) is 0. The molecule has 1 saturated heterocycles. The number of unbranched alkanes of at least 4 members (excludes halogenated alkanes) is 28. The van der Waals surface area contributed by atoms with Crippen molar-refractivity contribution in [1.29, 1.82) is 0 Å². The average molecular weight is 1040 g/mol. The maximum Gasteiger partial charge on any atom is 0.220 e. The van der Waals surface area contributed by atoms with Crippen LogP contribution in [-0.4, -0.2) is 87.5 Å². The van der Waals surface area contributed by atoms with Gasteiger partial charge in [-0.3, -0.25) is 4.79 Å². The van der Waals surface area contributed by atoms with Crippen molar-refractivity contribution in [3.05, 3.63) is 85.1 Å². The maximum absolute atomic E-state index is 13.1. The summed E-state index contributed by atoms with van der Waals surface area (Å²) >= 11 is 0. The van der Waals surface area contributed by atoms with E-state index in [1.165, 1.54) is 135 Å². The Morgan fingerprint density at radius 1 is 0.473 bits per heavy atom. The zero-order valence-electron chi connectivity index (χ0n) is 47.6. The molecule has 1 aliphatic heterocycles. The molecule has 1 heterocycles. The van der Waals surface area contributed by atoms with Crippen molar-refractivity contribution in [3.8, 4) is 0 Å². The van der Waals surface area contributed by atoms with E-state index in [9.17, 15) is 30.3 Å². The molecule has 0 bridgehead atoms. The number of aliphatic hydroxyl groups is 5. The van der Waals surface area contributed by atoms with Gasteiger partial charge in [0.2, 0.25) is 5.91 Å². The fourth-order valence-electron chi connectivity index (χ4n) is 9.44. The third-order valence-electron chi connectivity index (χ3n) is 14.3. The summed E-state index contributed by atoms with van der Waals surface area (Å²) in [7, 11) is 0. The highest BCUT2D eigenvalue weighted by molar-refractivity contribution is 5.76. The molecule has 6 N–H and O–H groups in total. The summed E-state index contributed by atoms with van der Waals surface area (Å²) in [6.07, 6.45) is 69.0. The van der Waals surface area contributed by atoms with Crippen LogP contribution >= 0.6 is 0 Å². The molecule has 0 aliphatic carbocycles. The van der Waals surface area contributed by atoms with Crippen LogP contribution in [0, 0.1) is 0 Å². The predicted molar refractivity (Wildman–Crippen MR) is 313 cm³/mol. The number of hydrogen-bond donors (Lipinski definition) is 6. The Balaban J connectivity index is 2.22. The standard InChI is InChI=1S/C65H115NO8/c1-3-5-7-9-11-13-15-17-19-21-23-25-27-29-30-31-33-35-37-39-41-43-45-47-49-51-53-55-61(69)66-58(57-73-65-64(72)63(71)62(70)60(56-67)74-65)59(68)54-52-50-48-46-44-42-40-38-36-34-32-28-26-24-22-20-18-16-14-12-10-8-6-4-2/h5,7,11,13,17,19,23,25,29-30,33,35,39,41,58-60,62-65,67-68,70-72H,3-4,6,8-10,12,14-16,18,20-22,24,26-28,31-32,34,36-38,40,42-57H2,1-2H3,(H,66,69)/b7-5-,13-11-,19-17-,25-23-,30-29-,35-33-,41-39-. The number of rotatable bonds is 52. The van der Waals surface area contributed by atoms with Crippen LogP contribution in [0.3, 0.4) is 0 Å². The second-order valence-corrected chi connectivity index (χ2v) is 21.1. The van der Waals surface area contributed by atoms with Crippen molar-refractivity contribution < 1.29 is 39.8 Å². The minimum atomic E-state index is -1.56. The number of ether oxygens (including phenoxy) is 2. The van der Waals surface area contributed by atoms with Crippen LogP contribution in [0.4, 0.5) is 0 Å². The van der Waals surface area contributed by atoms with E-state index in [4.69, 9.17) is 9.47 Å². The molecular formula is C65H115NO8. The number of amides is 1. The minimum absolute atomic E-state index is 0.150. The molecule has 428 valence electrons. The second-order valence-electron chi connectivity index (χ2n) is 21.1. The molecule has 1 fully saturated rings. The van der Waals surface area contributed by atoms with Gasteiger partial charge in [-0.2, -0.15) is 0 Å². The van der Waals surface area contributed by atoms with E-state index in [-0.39, 0.29) is 12.5 Å². The van der Waals surface area contributed by atoms with Gasteiger partial charge in [0, 0.05) is 6.42 Å². The second kappa shape index (κ2) is 53.8. The van der Waals surface area contributed by atoms with Crippen LogP contribution in [0.15, 0.2) is 85.1 Å². The van der Waals surface area contributed by atoms with Crippen LogP contribution in [0.25, 0.3) is 0 Å². The predicted octanol–water partition coefficient (Wildman–Crippen LogP) is 15.8. The highest BCUT2D eigenvalue weighted by Crippen LogP contribution is 2.23. The summed E-state index contributed by atoms with van der Waals surface area (Å²) in [5, 5.41) is 54.8. The van der Waals surface area contributed by atoms with Crippen molar-refractivity contribution in [3.63, 3.8) is 0 Å². The Bertz CT molecular complexity index is 1440. The maximum atomic E-state index is 13.1. The molecule has 1 rings (SSSR count). The lowest BCUT2D eigenvalue weighted by atomic mass is 9.99. The molecule has 0 aromatic carbocycles. The van der Waals surface area contributed by atoms with Crippen LogP contribution in [0.5, 0.6) is 0 Å². The van der Waals surface area contributed by atoms with E-state index in [0.29, 0.717) is 12.8 Å². The Labute approximate surface area is 454 Å². The molecule has 0 aromatic rings. The van der Waals surface area contributed by atoms with Gasteiger partial charge in [0.1, 0.15) is 24.4 Å². The lowest BCUT2D eigenvalue weighted by molar-refractivity contribution is -0.302. The van der Waals surface area contributed by atoms with Gasteiger partial charge in [-0.05, 0) is 70.6 Å². The summed E-state index contributed by atoms with van der Waals surface area (Å²) < 4.78 is 11.3. The highest BCUT2D eigenvalue weighted by atomic mass is 16.7. The molecule has 74 heavy (non-hydrogen) atoms. The molecule has 9 nitrogen and oxygen atoms in total. The lowest BCUT2D eigenvalue weighted by Gasteiger charge is -2.40. The van der Waals surface area contributed by atoms with E-state index in [0.717, 1.165) is 103 Å². The third-order valence-corrected chi connectivity index (χ3v) is 14.3. The van der Waals surface area contributed by atoms with Gasteiger partial charge in [0.15, 0.2) is 6.29 Å². The number of allylic oxidation sites excluding steroid dienone is 14. The van der Waals surface area contributed by atoms with Crippen molar-refractivity contribution in [2.45, 2.75) is 307 Å². The summed E-state index contributed by atoms with van der Waals surface area (Å²) in [6, 6.07) is -0.737. The van der Waals surface area contributed by atoms with E-state index in [2.05, 4.69) is 104 Å². The summed E-state index contributed by atoms with van der Waals surface area (Å²) in [4.78, 5) is 13.1. The number of aliphatic hydroxyl groups excluding tert-OH is 5. The van der Waals surface area contributed by atoms with Gasteiger partial charge in [-0.15, -0.1) is 0 Å². The van der Waals surface area contributed by atoms with Crippen molar-refractivity contribution in [2.24, 2.45) is 0 Å². The first kappa shape index (κ1) is 69.4. The van der Waals surface area contributed by atoms with Gasteiger partial charge in [0.25, 0.3) is 0 Å². The quantitative estimate of drug-likeness (QED) is 0.0261. The number of carbonyl (C=O) groups is 1. The summed E-state index contributed by atoms with van der Waals surface area (Å²) in [5.74, 6) is -0.164. The van der Waals surface area contributed by atoms with Gasteiger partial charge in [0.05, 0.1) is 25.4 Å². The van der Waals surface area contributed by atoms with E-state index >= 15 is 0 Å². The van der Waals surface area contributed by atoms with Crippen molar-refractivity contribution in [2.75, 3.05) is 13.2 Å². The Kier molecular flexibility index (Phi) is 50.4. The molecule has 0 aromatic heterocycles. The Morgan fingerprint density at radius 2 is 0.838 bits per heavy atom. The van der Waals surface area contributed by atoms with Crippen LogP contribution in [0.2, 0.25) is 0 Å². The molecule has 1 aliphatic rings. The zero-order valence-corrected chi connectivity index (χ0v) is 47.6. The fourth-order valence-corrected chi connectivity index (χ4v) is 9.44. The van der Waals surface area contributed by atoms with Crippen molar-refractivity contribution >= 4 is 5.91 Å². The average Bonchev–Trinajstić information content (AvgIpc) is 3.40. The van der Waals surface area contributed by atoms with Gasteiger partial charge < -0.3 is 40.3 Å². The smallest absolute Gasteiger partial charge is 0.220 e. The van der Waals surface area contributed by atoms with Gasteiger partial charge in [-0.1, -0.05) is 272 Å². The molecule has 9 heteroatoms. The van der Waals surface area contributed by atoms with E-state index in [1.807, 2.05) is 0 Å². The molecule has 0 saturated carbocycles. The molecule has 7 unspecified atom stereocenters. The van der Waals surface area contributed by atoms with E-state index < -0.39 is 49.5 Å². The zero-order chi connectivity index (χ0) is 53.6.